The van der Waals surface area contributed by atoms with Crippen LogP contribution < -0.4 is 15.2 Å². The number of aryl methyl sites for hydroxylation is 1. The highest BCUT2D eigenvalue weighted by molar-refractivity contribution is 7.89. The lowest BCUT2D eigenvalue weighted by atomic mass is 10.3. The van der Waals surface area contributed by atoms with Crippen LogP contribution in [0.4, 0.5) is 5.69 Å². The van der Waals surface area contributed by atoms with Crippen molar-refractivity contribution >= 4 is 27.0 Å². The van der Waals surface area contributed by atoms with E-state index in [4.69, 9.17) is 10.5 Å². The van der Waals surface area contributed by atoms with Gasteiger partial charge in [0.1, 0.15) is 12.4 Å². The predicted molar refractivity (Wildman–Crippen MR) is 83.8 cm³/mol. The summed E-state index contributed by atoms with van der Waals surface area (Å²) >= 11 is 1.43. The van der Waals surface area contributed by atoms with Crippen LogP contribution in [0.2, 0.25) is 0 Å². The van der Waals surface area contributed by atoms with Gasteiger partial charge >= 0.3 is 0 Å². The van der Waals surface area contributed by atoms with E-state index in [0.717, 1.165) is 10.6 Å². The van der Waals surface area contributed by atoms with Gasteiger partial charge in [-0.05, 0) is 19.1 Å². The highest BCUT2D eigenvalue weighted by Gasteiger charge is 2.12. The number of ether oxygens (including phenoxy) is 1. The van der Waals surface area contributed by atoms with Crippen LogP contribution in [0.5, 0.6) is 5.75 Å². The predicted octanol–water partition coefficient (Wildman–Crippen LogP) is 1.53. The maximum absolute atomic E-state index is 11.9. The van der Waals surface area contributed by atoms with Crippen molar-refractivity contribution in [3.63, 3.8) is 0 Å². The number of hydrogen-bond donors (Lipinski definition) is 2. The Hall–Kier alpha value is -1.64. The Kier molecular flexibility index (Phi) is 5.16. The van der Waals surface area contributed by atoms with Gasteiger partial charge in [-0.2, -0.15) is 0 Å². The zero-order valence-corrected chi connectivity index (χ0v) is 13.2. The lowest BCUT2D eigenvalue weighted by molar-refractivity contribution is 0.342. The molecule has 0 spiro atoms. The molecule has 21 heavy (non-hydrogen) atoms. The fourth-order valence-corrected chi connectivity index (χ4v) is 3.24. The molecule has 8 heteroatoms. The maximum atomic E-state index is 11.9. The number of para-hydroxylation sites is 2. The molecule has 0 fully saturated rings. The van der Waals surface area contributed by atoms with Crippen molar-refractivity contribution in [2.75, 3.05) is 18.1 Å². The Labute approximate surface area is 128 Å². The van der Waals surface area contributed by atoms with Gasteiger partial charge < -0.3 is 10.5 Å². The minimum atomic E-state index is -3.39. The van der Waals surface area contributed by atoms with Crippen LogP contribution in [-0.2, 0) is 16.6 Å². The smallest absolute Gasteiger partial charge is 0.215 e. The molecule has 0 unspecified atom stereocenters. The Morgan fingerprint density at radius 2 is 2.14 bits per heavy atom. The molecule has 0 saturated heterocycles. The van der Waals surface area contributed by atoms with E-state index < -0.39 is 10.0 Å². The number of nitrogens with zero attached hydrogens (tertiary/aromatic N) is 1. The standard InChI is InChI=1S/C13H17N3O3S2/c1-10-13(20-9-15-10)8-16-21(17,18)7-6-19-12-5-3-2-4-11(12)14/h2-5,9,16H,6-8,14H2,1H3. The Bertz CT molecular complexity index is 698. The summed E-state index contributed by atoms with van der Waals surface area (Å²) in [6.07, 6.45) is 0. The number of hydrogen-bond acceptors (Lipinski definition) is 6. The van der Waals surface area contributed by atoms with Gasteiger partial charge in [0.25, 0.3) is 0 Å². The third-order valence-electron chi connectivity index (χ3n) is 2.83. The summed E-state index contributed by atoms with van der Waals surface area (Å²) in [5.41, 5.74) is 8.74. The summed E-state index contributed by atoms with van der Waals surface area (Å²) in [6.45, 7) is 2.15. The Balaban J connectivity index is 1.82. The normalized spacial score (nSPS) is 11.5. The first kappa shape index (κ1) is 15.7. The van der Waals surface area contributed by atoms with E-state index in [9.17, 15) is 8.42 Å². The fourth-order valence-electron chi connectivity index (χ4n) is 1.62. The molecule has 0 radical (unpaired) electrons. The molecule has 1 aromatic heterocycles. The van der Waals surface area contributed by atoms with Crippen LogP contribution >= 0.6 is 11.3 Å². The van der Waals surface area contributed by atoms with E-state index >= 15 is 0 Å². The van der Waals surface area contributed by atoms with Gasteiger partial charge in [-0.3, -0.25) is 0 Å². The van der Waals surface area contributed by atoms with Crippen LogP contribution in [0.1, 0.15) is 10.6 Å². The van der Waals surface area contributed by atoms with E-state index in [1.807, 2.05) is 6.92 Å². The van der Waals surface area contributed by atoms with E-state index in [-0.39, 0.29) is 18.9 Å². The van der Waals surface area contributed by atoms with Crippen LogP contribution in [0.3, 0.4) is 0 Å². The largest absolute Gasteiger partial charge is 0.490 e. The van der Waals surface area contributed by atoms with Crippen LogP contribution in [-0.4, -0.2) is 25.8 Å². The highest BCUT2D eigenvalue weighted by Crippen LogP contribution is 2.19. The van der Waals surface area contributed by atoms with E-state index in [2.05, 4.69) is 9.71 Å². The Morgan fingerprint density at radius 1 is 1.38 bits per heavy atom. The molecular formula is C13H17N3O3S2. The third kappa shape index (κ3) is 4.69. The number of nitrogens with two attached hydrogens (primary N) is 1. The lowest BCUT2D eigenvalue weighted by Gasteiger charge is -2.09. The average Bonchev–Trinajstić information content (AvgIpc) is 2.84. The molecule has 0 aliphatic heterocycles. The second kappa shape index (κ2) is 6.88. The molecule has 6 nitrogen and oxygen atoms in total. The number of nitrogens with one attached hydrogen (secondary N) is 1. The van der Waals surface area contributed by atoms with Crippen molar-refractivity contribution in [3.8, 4) is 5.75 Å². The molecule has 0 aliphatic rings. The number of nitrogen functional groups attached to an aromatic ring is 1. The molecule has 1 heterocycles. The summed E-state index contributed by atoms with van der Waals surface area (Å²) in [4.78, 5) is 4.98. The summed E-state index contributed by atoms with van der Waals surface area (Å²) in [5, 5.41) is 0. The molecule has 114 valence electrons. The molecule has 0 bridgehead atoms. The first-order valence-corrected chi connectivity index (χ1v) is 8.85. The van der Waals surface area contributed by atoms with Gasteiger partial charge in [0.2, 0.25) is 10.0 Å². The molecular weight excluding hydrogens is 310 g/mol. The monoisotopic (exact) mass is 327 g/mol. The highest BCUT2D eigenvalue weighted by atomic mass is 32.2. The molecule has 0 atom stereocenters. The number of anilines is 1. The second-order valence-corrected chi connectivity index (χ2v) is 7.25. The van der Waals surface area contributed by atoms with Crippen molar-refractivity contribution in [1.82, 2.24) is 9.71 Å². The molecule has 3 N–H and O–H groups in total. The minimum absolute atomic E-state index is 0.0468. The number of aromatic nitrogens is 1. The van der Waals surface area contributed by atoms with Crippen molar-refractivity contribution in [1.29, 1.82) is 0 Å². The van der Waals surface area contributed by atoms with E-state index in [0.29, 0.717) is 11.4 Å². The summed E-state index contributed by atoms with van der Waals surface area (Å²) in [6, 6.07) is 6.98. The van der Waals surface area contributed by atoms with Crippen molar-refractivity contribution in [2.24, 2.45) is 0 Å². The van der Waals surface area contributed by atoms with Gasteiger partial charge in [-0.25, -0.2) is 18.1 Å². The molecule has 0 aliphatic carbocycles. The van der Waals surface area contributed by atoms with Crippen molar-refractivity contribution < 1.29 is 13.2 Å². The first-order valence-electron chi connectivity index (χ1n) is 6.31. The lowest BCUT2D eigenvalue weighted by Crippen LogP contribution is -2.28. The molecule has 0 saturated carbocycles. The molecule has 0 amide bonds. The average molecular weight is 327 g/mol. The zero-order chi connectivity index (χ0) is 15.3. The molecule has 2 aromatic rings. The Morgan fingerprint density at radius 3 is 2.81 bits per heavy atom. The summed E-state index contributed by atoms with van der Waals surface area (Å²) in [7, 11) is -3.39. The number of benzene rings is 1. The third-order valence-corrected chi connectivity index (χ3v) is 5.05. The summed E-state index contributed by atoms with van der Waals surface area (Å²) < 4.78 is 31.7. The van der Waals surface area contributed by atoms with Crippen LogP contribution in [0.25, 0.3) is 0 Å². The second-order valence-electron chi connectivity index (χ2n) is 4.39. The maximum Gasteiger partial charge on any atom is 0.215 e. The summed E-state index contributed by atoms with van der Waals surface area (Å²) in [5.74, 6) is 0.366. The van der Waals surface area contributed by atoms with Gasteiger partial charge in [0.15, 0.2) is 0 Å². The molecule has 2 rings (SSSR count). The minimum Gasteiger partial charge on any atom is -0.490 e. The SMILES string of the molecule is Cc1ncsc1CNS(=O)(=O)CCOc1ccccc1N. The van der Waals surface area contributed by atoms with Gasteiger partial charge in [0.05, 0.1) is 22.6 Å². The van der Waals surface area contributed by atoms with Crippen molar-refractivity contribution in [2.45, 2.75) is 13.5 Å². The quantitative estimate of drug-likeness (QED) is 0.752. The van der Waals surface area contributed by atoms with Crippen LogP contribution in [0, 0.1) is 6.92 Å². The number of sulfonamides is 1. The fraction of sp³-hybridized carbons (Fsp3) is 0.308. The van der Waals surface area contributed by atoms with E-state index in [1.54, 1.807) is 29.8 Å². The van der Waals surface area contributed by atoms with Gasteiger partial charge in [0, 0.05) is 11.4 Å². The number of rotatable bonds is 7. The van der Waals surface area contributed by atoms with E-state index in [1.165, 1.54) is 11.3 Å². The first-order chi connectivity index (χ1) is 9.98. The number of thiazole rings is 1. The van der Waals surface area contributed by atoms with Gasteiger partial charge in [-0.15, -0.1) is 11.3 Å². The molecule has 1 aromatic carbocycles. The topological polar surface area (TPSA) is 94.3 Å². The zero-order valence-electron chi connectivity index (χ0n) is 11.6. The van der Waals surface area contributed by atoms with Crippen molar-refractivity contribution in [3.05, 3.63) is 40.3 Å². The van der Waals surface area contributed by atoms with Gasteiger partial charge in [-0.1, -0.05) is 12.1 Å². The van der Waals surface area contributed by atoms with Crippen LogP contribution in [0.15, 0.2) is 29.8 Å².